The molecule has 0 radical (unpaired) electrons. The highest BCUT2D eigenvalue weighted by molar-refractivity contribution is 7.71. The van der Waals surface area contributed by atoms with Crippen LogP contribution >= 0.6 is 12.2 Å². The van der Waals surface area contributed by atoms with Gasteiger partial charge in [0.2, 0.25) is 0 Å². The third-order valence-corrected chi connectivity index (χ3v) is 3.71. The zero-order valence-electron chi connectivity index (χ0n) is 12.6. The average molecular weight is 342 g/mol. The molecule has 1 aromatic heterocycles. The standard InChI is InChI=1S/C14H16F2N4O2S/c1-20-11(18-19-13(20)23)7-8-17-12(21)14(15,16)9-3-5-10(22-2)6-4-9/h3-6H,7-8H2,1-2H3,(H,17,21)(H,19,23). The Balaban J connectivity index is 1.97. The van der Waals surface area contributed by atoms with Crippen LogP contribution in [0.1, 0.15) is 11.4 Å². The summed E-state index contributed by atoms with van der Waals surface area (Å²) in [4.78, 5) is 11.8. The van der Waals surface area contributed by atoms with Crippen LogP contribution in [0.3, 0.4) is 0 Å². The molecular formula is C14H16F2N4O2S. The molecule has 9 heteroatoms. The summed E-state index contributed by atoms with van der Waals surface area (Å²) in [5.41, 5.74) is -0.394. The number of nitrogens with one attached hydrogen (secondary N) is 2. The number of alkyl halides is 2. The van der Waals surface area contributed by atoms with Crippen molar-refractivity contribution in [3.8, 4) is 5.75 Å². The van der Waals surface area contributed by atoms with Crippen LogP contribution in [0.25, 0.3) is 0 Å². The van der Waals surface area contributed by atoms with E-state index in [-0.39, 0.29) is 13.0 Å². The van der Waals surface area contributed by atoms with Gasteiger partial charge in [0.1, 0.15) is 11.6 Å². The summed E-state index contributed by atoms with van der Waals surface area (Å²) in [5, 5.41) is 8.74. The lowest BCUT2D eigenvalue weighted by atomic mass is 10.1. The summed E-state index contributed by atoms with van der Waals surface area (Å²) in [6.07, 6.45) is 0.286. The van der Waals surface area contributed by atoms with E-state index in [1.54, 1.807) is 11.6 Å². The van der Waals surface area contributed by atoms with E-state index in [9.17, 15) is 13.6 Å². The molecule has 6 nitrogen and oxygen atoms in total. The molecule has 1 heterocycles. The number of benzene rings is 1. The van der Waals surface area contributed by atoms with E-state index in [4.69, 9.17) is 17.0 Å². The molecule has 0 aliphatic heterocycles. The summed E-state index contributed by atoms with van der Waals surface area (Å²) in [6.45, 7) is 0.0258. The molecule has 0 saturated carbocycles. The van der Waals surface area contributed by atoms with Crippen molar-refractivity contribution in [1.82, 2.24) is 20.1 Å². The first-order valence-corrected chi connectivity index (χ1v) is 7.18. The molecule has 23 heavy (non-hydrogen) atoms. The Morgan fingerprint density at radius 1 is 1.43 bits per heavy atom. The Labute approximate surface area is 136 Å². The fraction of sp³-hybridized carbons (Fsp3) is 0.357. The van der Waals surface area contributed by atoms with Crippen molar-refractivity contribution in [2.45, 2.75) is 12.3 Å². The Hall–Kier alpha value is -2.29. The molecule has 124 valence electrons. The van der Waals surface area contributed by atoms with Crippen LogP contribution in [-0.2, 0) is 24.2 Å². The van der Waals surface area contributed by atoms with Gasteiger partial charge in [0.25, 0.3) is 5.91 Å². The number of ether oxygens (including phenoxy) is 1. The van der Waals surface area contributed by atoms with E-state index < -0.39 is 17.4 Å². The summed E-state index contributed by atoms with van der Waals surface area (Å²) < 4.78 is 35.1. The van der Waals surface area contributed by atoms with Crippen LogP contribution in [0.5, 0.6) is 5.75 Å². The van der Waals surface area contributed by atoms with Gasteiger partial charge in [0.05, 0.1) is 7.11 Å². The zero-order valence-corrected chi connectivity index (χ0v) is 13.4. The predicted octanol–water partition coefficient (Wildman–Crippen LogP) is 1.94. The lowest BCUT2D eigenvalue weighted by Crippen LogP contribution is -2.39. The Morgan fingerprint density at radius 2 is 2.09 bits per heavy atom. The van der Waals surface area contributed by atoms with Gasteiger partial charge in [-0.05, 0) is 36.5 Å². The van der Waals surface area contributed by atoms with Crippen LogP contribution in [0, 0.1) is 4.77 Å². The highest BCUT2D eigenvalue weighted by Crippen LogP contribution is 2.29. The maximum atomic E-state index is 14.1. The van der Waals surface area contributed by atoms with Gasteiger partial charge in [0, 0.05) is 25.6 Å². The largest absolute Gasteiger partial charge is 0.497 e. The van der Waals surface area contributed by atoms with Crippen LogP contribution < -0.4 is 10.1 Å². The van der Waals surface area contributed by atoms with Gasteiger partial charge in [0.15, 0.2) is 4.77 Å². The highest BCUT2D eigenvalue weighted by atomic mass is 32.1. The Kier molecular flexibility index (Phi) is 5.09. The first kappa shape index (κ1) is 17.1. The van der Waals surface area contributed by atoms with Gasteiger partial charge in [-0.15, -0.1) is 0 Å². The topological polar surface area (TPSA) is 71.9 Å². The number of hydrogen-bond donors (Lipinski definition) is 2. The molecule has 0 bridgehead atoms. The maximum absolute atomic E-state index is 14.1. The molecule has 2 aromatic rings. The highest BCUT2D eigenvalue weighted by Gasteiger charge is 2.40. The van der Waals surface area contributed by atoms with Gasteiger partial charge in [-0.3, -0.25) is 9.89 Å². The van der Waals surface area contributed by atoms with Gasteiger partial charge >= 0.3 is 5.92 Å². The number of carbonyl (C=O) groups excluding carboxylic acids is 1. The van der Waals surface area contributed by atoms with Crippen molar-refractivity contribution >= 4 is 18.1 Å². The fourth-order valence-electron chi connectivity index (χ4n) is 1.93. The number of hydrogen-bond acceptors (Lipinski definition) is 4. The first-order valence-electron chi connectivity index (χ1n) is 6.77. The van der Waals surface area contributed by atoms with Crippen LogP contribution in [0.4, 0.5) is 8.78 Å². The van der Waals surface area contributed by atoms with Crippen LogP contribution in [0.2, 0.25) is 0 Å². The number of carbonyl (C=O) groups is 1. The smallest absolute Gasteiger partial charge is 0.349 e. The first-order chi connectivity index (χ1) is 10.9. The second-order valence-electron chi connectivity index (χ2n) is 4.81. The summed E-state index contributed by atoms with van der Waals surface area (Å²) >= 11 is 4.95. The molecule has 1 aromatic carbocycles. The molecule has 0 spiro atoms. The third-order valence-electron chi connectivity index (χ3n) is 3.34. The number of rotatable bonds is 6. The molecule has 0 saturated heterocycles. The molecule has 0 atom stereocenters. The van der Waals surface area contributed by atoms with E-state index >= 15 is 0 Å². The monoisotopic (exact) mass is 342 g/mol. The Morgan fingerprint density at radius 3 is 2.61 bits per heavy atom. The SMILES string of the molecule is COc1ccc(C(F)(F)C(=O)NCCc2n[nH]c(=S)n2C)cc1. The average Bonchev–Trinajstić information content (AvgIpc) is 2.86. The van der Waals surface area contributed by atoms with E-state index in [0.717, 1.165) is 12.1 Å². The quantitative estimate of drug-likeness (QED) is 0.787. The minimum Gasteiger partial charge on any atom is -0.497 e. The number of aromatic amines is 1. The van der Waals surface area contributed by atoms with Crippen LogP contribution in [0.15, 0.2) is 24.3 Å². The second kappa shape index (κ2) is 6.86. The number of aromatic nitrogens is 3. The van der Waals surface area contributed by atoms with E-state index in [1.807, 2.05) is 0 Å². The van der Waals surface area contributed by atoms with Crippen molar-refractivity contribution in [1.29, 1.82) is 0 Å². The number of amides is 1. The normalized spacial score (nSPS) is 11.3. The van der Waals surface area contributed by atoms with Gasteiger partial charge < -0.3 is 14.6 Å². The molecule has 0 aliphatic carbocycles. The maximum Gasteiger partial charge on any atom is 0.349 e. The second-order valence-corrected chi connectivity index (χ2v) is 5.20. The zero-order chi connectivity index (χ0) is 17.0. The van der Waals surface area contributed by atoms with E-state index in [1.165, 1.54) is 19.2 Å². The van der Waals surface area contributed by atoms with Gasteiger partial charge in [-0.1, -0.05) is 0 Å². The Bertz CT molecular complexity index is 740. The van der Waals surface area contributed by atoms with Crippen LogP contribution in [-0.4, -0.2) is 34.3 Å². The lowest BCUT2D eigenvalue weighted by Gasteiger charge is -2.16. The molecule has 2 rings (SSSR count). The van der Waals surface area contributed by atoms with Crippen molar-refractivity contribution in [3.63, 3.8) is 0 Å². The minimum atomic E-state index is -3.62. The molecule has 2 N–H and O–H groups in total. The van der Waals surface area contributed by atoms with Gasteiger partial charge in [-0.25, -0.2) is 0 Å². The molecule has 0 aliphatic rings. The third kappa shape index (κ3) is 3.73. The number of methoxy groups -OCH3 is 1. The van der Waals surface area contributed by atoms with Crippen molar-refractivity contribution < 1.29 is 18.3 Å². The number of halogens is 2. The van der Waals surface area contributed by atoms with E-state index in [2.05, 4.69) is 15.5 Å². The summed E-state index contributed by atoms with van der Waals surface area (Å²) in [5.74, 6) is -3.97. The summed E-state index contributed by atoms with van der Waals surface area (Å²) in [7, 11) is 3.14. The molecule has 1 amide bonds. The van der Waals surface area contributed by atoms with Crippen molar-refractivity contribution in [2.24, 2.45) is 7.05 Å². The fourth-order valence-corrected chi connectivity index (χ4v) is 2.08. The molecule has 0 fully saturated rings. The van der Waals surface area contributed by atoms with Crippen molar-refractivity contribution in [3.05, 3.63) is 40.4 Å². The molecular weight excluding hydrogens is 326 g/mol. The van der Waals surface area contributed by atoms with Gasteiger partial charge in [-0.2, -0.15) is 13.9 Å². The number of H-pyrrole nitrogens is 1. The number of nitrogens with zero attached hydrogens (tertiary/aromatic N) is 2. The molecule has 0 unspecified atom stereocenters. The lowest BCUT2D eigenvalue weighted by molar-refractivity contribution is -0.146. The minimum absolute atomic E-state index is 0.0258. The predicted molar refractivity (Wildman–Crippen MR) is 82.0 cm³/mol. The van der Waals surface area contributed by atoms with E-state index in [0.29, 0.717) is 16.3 Å². The van der Waals surface area contributed by atoms with Crippen molar-refractivity contribution in [2.75, 3.05) is 13.7 Å². The summed E-state index contributed by atoms with van der Waals surface area (Å²) in [6, 6.07) is 5.09.